The standard InChI is InChI=1S/C18H28O4/c1-4-18(22-16(19)10-21-17(20)11(2)3)14-6-12-5-13(8-14)9-15(18)7-12/h11-15H,4-10H2,1-3H3. The lowest BCUT2D eigenvalue weighted by Crippen LogP contribution is -2.59. The highest BCUT2D eigenvalue weighted by Crippen LogP contribution is 2.60. The van der Waals surface area contributed by atoms with Gasteiger partial charge < -0.3 is 9.47 Å². The lowest BCUT2D eigenvalue weighted by molar-refractivity contribution is -0.214. The molecule has 0 aromatic heterocycles. The summed E-state index contributed by atoms with van der Waals surface area (Å²) in [6.45, 7) is 5.42. The van der Waals surface area contributed by atoms with Crippen molar-refractivity contribution in [2.24, 2.45) is 29.6 Å². The minimum absolute atomic E-state index is 0.214. The van der Waals surface area contributed by atoms with Crippen molar-refractivity contribution in [2.75, 3.05) is 6.61 Å². The summed E-state index contributed by atoms with van der Waals surface area (Å²) in [7, 11) is 0. The summed E-state index contributed by atoms with van der Waals surface area (Å²) in [6.07, 6.45) is 7.10. The van der Waals surface area contributed by atoms with Gasteiger partial charge in [-0.15, -0.1) is 0 Å². The molecule has 0 heterocycles. The Hall–Kier alpha value is -1.06. The van der Waals surface area contributed by atoms with E-state index in [0.29, 0.717) is 11.8 Å². The van der Waals surface area contributed by atoms with Gasteiger partial charge in [0.25, 0.3) is 0 Å². The average molecular weight is 308 g/mol. The number of hydrogen-bond donors (Lipinski definition) is 0. The van der Waals surface area contributed by atoms with Gasteiger partial charge in [-0.2, -0.15) is 0 Å². The van der Waals surface area contributed by atoms with Crippen molar-refractivity contribution in [1.29, 1.82) is 0 Å². The van der Waals surface area contributed by atoms with Gasteiger partial charge in [-0.1, -0.05) is 20.8 Å². The van der Waals surface area contributed by atoms with Crippen LogP contribution in [0.5, 0.6) is 0 Å². The van der Waals surface area contributed by atoms with E-state index in [-0.39, 0.29) is 30.1 Å². The molecule has 4 heteroatoms. The van der Waals surface area contributed by atoms with Crippen LogP contribution in [0.4, 0.5) is 0 Å². The fourth-order valence-corrected chi connectivity index (χ4v) is 5.34. The SMILES string of the molecule is CCC1(OC(=O)COC(=O)C(C)C)C2CC3CC(C2)CC1C3. The molecule has 0 aliphatic heterocycles. The number of hydrogen-bond acceptors (Lipinski definition) is 4. The van der Waals surface area contributed by atoms with Crippen LogP contribution in [0.1, 0.15) is 59.3 Å². The Morgan fingerprint density at radius 3 is 2.05 bits per heavy atom. The van der Waals surface area contributed by atoms with Gasteiger partial charge in [-0.05, 0) is 62.2 Å². The molecule has 0 spiro atoms. The zero-order valence-electron chi connectivity index (χ0n) is 14.0. The van der Waals surface area contributed by atoms with Crippen LogP contribution in [-0.4, -0.2) is 24.1 Å². The number of carbonyl (C=O) groups excluding carboxylic acids is 2. The first-order chi connectivity index (χ1) is 10.4. The zero-order valence-corrected chi connectivity index (χ0v) is 14.0. The van der Waals surface area contributed by atoms with Crippen LogP contribution < -0.4 is 0 Å². The van der Waals surface area contributed by atoms with Crippen molar-refractivity contribution >= 4 is 11.9 Å². The fraction of sp³-hybridized carbons (Fsp3) is 0.889. The van der Waals surface area contributed by atoms with Crippen molar-refractivity contribution in [2.45, 2.75) is 64.9 Å². The lowest BCUT2D eigenvalue weighted by atomic mass is 9.49. The second-order valence-electron chi connectivity index (χ2n) is 7.85. The highest BCUT2D eigenvalue weighted by atomic mass is 16.6. The normalized spacial score (nSPS) is 39.1. The van der Waals surface area contributed by atoms with Gasteiger partial charge >= 0.3 is 11.9 Å². The molecule has 124 valence electrons. The fourth-order valence-electron chi connectivity index (χ4n) is 5.34. The predicted molar refractivity (Wildman–Crippen MR) is 82.0 cm³/mol. The topological polar surface area (TPSA) is 52.6 Å². The minimum atomic E-state index is -0.372. The number of rotatable bonds is 5. The third-order valence-electron chi connectivity index (χ3n) is 6.18. The summed E-state index contributed by atoms with van der Waals surface area (Å²) in [5.41, 5.74) is -0.297. The van der Waals surface area contributed by atoms with Gasteiger partial charge in [-0.25, -0.2) is 4.79 Å². The van der Waals surface area contributed by atoms with Crippen LogP contribution in [0.25, 0.3) is 0 Å². The van der Waals surface area contributed by atoms with Crippen molar-refractivity contribution < 1.29 is 19.1 Å². The van der Waals surface area contributed by atoms with E-state index in [1.807, 2.05) is 0 Å². The largest absolute Gasteiger partial charge is 0.456 e. The van der Waals surface area contributed by atoms with Crippen molar-refractivity contribution in [3.05, 3.63) is 0 Å². The Kier molecular flexibility index (Phi) is 4.21. The molecule has 0 radical (unpaired) electrons. The van der Waals surface area contributed by atoms with E-state index in [1.165, 1.54) is 32.1 Å². The minimum Gasteiger partial charge on any atom is -0.456 e. The van der Waals surface area contributed by atoms with E-state index in [2.05, 4.69) is 6.92 Å². The molecule has 22 heavy (non-hydrogen) atoms. The van der Waals surface area contributed by atoms with Crippen LogP contribution in [0, 0.1) is 29.6 Å². The molecule has 4 rings (SSSR count). The first kappa shape index (κ1) is 15.8. The summed E-state index contributed by atoms with van der Waals surface area (Å²) in [5.74, 6) is 1.79. The van der Waals surface area contributed by atoms with Crippen LogP contribution in [0.2, 0.25) is 0 Å². The van der Waals surface area contributed by atoms with E-state index in [0.717, 1.165) is 18.3 Å². The monoisotopic (exact) mass is 308 g/mol. The third kappa shape index (κ3) is 2.65. The summed E-state index contributed by atoms with van der Waals surface area (Å²) >= 11 is 0. The van der Waals surface area contributed by atoms with Gasteiger partial charge in [0, 0.05) is 0 Å². The predicted octanol–water partition coefficient (Wildman–Crippen LogP) is 3.33. The first-order valence-corrected chi connectivity index (χ1v) is 8.83. The van der Waals surface area contributed by atoms with Gasteiger partial charge in [0.15, 0.2) is 6.61 Å². The molecular weight excluding hydrogens is 280 g/mol. The van der Waals surface area contributed by atoms with Crippen LogP contribution in [0.3, 0.4) is 0 Å². The Labute approximate surface area is 132 Å². The highest BCUT2D eigenvalue weighted by molar-refractivity contribution is 5.77. The number of carbonyl (C=O) groups is 2. The van der Waals surface area contributed by atoms with Gasteiger partial charge in [0.1, 0.15) is 5.60 Å². The van der Waals surface area contributed by atoms with E-state index < -0.39 is 0 Å². The molecule has 0 unspecified atom stereocenters. The van der Waals surface area contributed by atoms with Crippen molar-refractivity contribution in [3.8, 4) is 0 Å². The molecule has 0 N–H and O–H groups in total. The second-order valence-corrected chi connectivity index (χ2v) is 7.85. The van der Waals surface area contributed by atoms with Crippen LogP contribution in [0.15, 0.2) is 0 Å². The molecule has 0 saturated heterocycles. The molecule has 0 amide bonds. The van der Waals surface area contributed by atoms with Crippen molar-refractivity contribution in [1.82, 2.24) is 0 Å². The molecule has 0 aromatic rings. The smallest absolute Gasteiger partial charge is 0.344 e. The Morgan fingerprint density at radius 2 is 1.59 bits per heavy atom. The van der Waals surface area contributed by atoms with Crippen LogP contribution in [-0.2, 0) is 19.1 Å². The van der Waals surface area contributed by atoms with Gasteiger partial charge in [0.2, 0.25) is 0 Å². The van der Waals surface area contributed by atoms with Crippen molar-refractivity contribution in [3.63, 3.8) is 0 Å². The Morgan fingerprint density at radius 1 is 1.05 bits per heavy atom. The molecule has 4 saturated carbocycles. The zero-order chi connectivity index (χ0) is 15.9. The van der Waals surface area contributed by atoms with E-state index in [1.54, 1.807) is 13.8 Å². The van der Waals surface area contributed by atoms with E-state index in [4.69, 9.17) is 9.47 Å². The number of esters is 2. The van der Waals surface area contributed by atoms with Gasteiger partial charge in [0.05, 0.1) is 5.92 Å². The molecule has 4 bridgehead atoms. The summed E-state index contributed by atoms with van der Waals surface area (Å²) in [6, 6.07) is 0. The maximum absolute atomic E-state index is 12.2. The quantitative estimate of drug-likeness (QED) is 0.731. The average Bonchev–Trinajstić information content (AvgIpc) is 2.47. The number of ether oxygens (including phenoxy) is 2. The molecule has 0 aromatic carbocycles. The summed E-state index contributed by atoms with van der Waals surface area (Å²) in [5, 5.41) is 0. The summed E-state index contributed by atoms with van der Waals surface area (Å²) < 4.78 is 11.0. The van der Waals surface area contributed by atoms with E-state index >= 15 is 0 Å². The molecule has 4 fully saturated rings. The first-order valence-electron chi connectivity index (χ1n) is 8.83. The maximum atomic E-state index is 12.2. The molecular formula is C18H28O4. The second kappa shape index (κ2) is 5.86. The van der Waals surface area contributed by atoms with Gasteiger partial charge in [-0.3, -0.25) is 4.79 Å². The molecule has 4 nitrogen and oxygen atoms in total. The highest BCUT2D eigenvalue weighted by Gasteiger charge is 2.58. The Bertz CT molecular complexity index is 426. The van der Waals surface area contributed by atoms with Crippen LogP contribution >= 0.6 is 0 Å². The summed E-state index contributed by atoms with van der Waals surface area (Å²) in [4.78, 5) is 23.7. The molecule has 0 atom stereocenters. The lowest BCUT2D eigenvalue weighted by Gasteiger charge is -2.60. The maximum Gasteiger partial charge on any atom is 0.344 e. The van der Waals surface area contributed by atoms with E-state index in [9.17, 15) is 9.59 Å². The molecule has 4 aliphatic carbocycles. The Balaban J connectivity index is 1.64. The molecule has 4 aliphatic rings. The third-order valence-corrected chi connectivity index (χ3v) is 6.18.